The van der Waals surface area contributed by atoms with E-state index in [0.29, 0.717) is 35.6 Å². The number of ether oxygens (including phenoxy) is 2. The lowest BCUT2D eigenvalue weighted by atomic mass is 10.2. The predicted octanol–water partition coefficient (Wildman–Crippen LogP) is 4.44. The average molecular weight is 507 g/mol. The quantitative estimate of drug-likeness (QED) is 0.270. The van der Waals surface area contributed by atoms with Gasteiger partial charge in [-0.25, -0.2) is 4.98 Å². The van der Waals surface area contributed by atoms with E-state index in [1.54, 1.807) is 18.4 Å². The first-order chi connectivity index (χ1) is 17.5. The van der Waals surface area contributed by atoms with Crippen LogP contribution in [-0.4, -0.2) is 40.4 Å². The van der Waals surface area contributed by atoms with Gasteiger partial charge in [0.1, 0.15) is 23.3 Å². The number of thiazole rings is 1. The van der Waals surface area contributed by atoms with E-state index in [2.05, 4.69) is 16.9 Å². The van der Waals surface area contributed by atoms with Gasteiger partial charge in [0.2, 0.25) is 5.95 Å². The summed E-state index contributed by atoms with van der Waals surface area (Å²) in [7, 11) is 1.59. The molecule has 0 amide bonds. The molecule has 0 aliphatic heterocycles. The Kier molecular flexibility index (Phi) is 8.19. The Morgan fingerprint density at radius 2 is 1.72 bits per heavy atom. The summed E-state index contributed by atoms with van der Waals surface area (Å²) in [5.74, 6) is 2.19. The van der Waals surface area contributed by atoms with E-state index >= 15 is 0 Å². The van der Waals surface area contributed by atoms with Crippen LogP contribution in [0.15, 0.2) is 54.6 Å². The van der Waals surface area contributed by atoms with Gasteiger partial charge < -0.3 is 30.9 Å². The molecule has 10 heteroatoms. The summed E-state index contributed by atoms with van der Waals surface area (Å²) in [5, 5.41) is 10.0. The largest absolute Gasteiger partial charge is 0.493 e. The average Bonchev–Trinajstić information content (AvgIpc) is 3.28. The number of methoxy groups -OCH3 is 1. The third-order valence-electron chi connectivity index (χ3n) is 5.39. The van der Waals surface area contributed by atoms with Crippen molar-refractivity contribution in [2.24, 2.45) is 0 Å². The van der Waals surface area contributed by atoms with Crippen molar-refractivity contribution >= 4 is 34.6 Å². The minimum atomic E-state index is -0.0820. The van der Waals surface area contributed by atoms with Crippen LogP contribution in [0, 0.1) is 0 Å². The maximum atomic E-state index is 9.18. The van der Waals surface area contributed by atoms with Crippen LogP contribution in [0.5, 0.6) is 11.5 Å². The number of nitrogen functional groups attached to an aromatic ring is 2. The Balaban J connectivity index is 1.74. The van der Waals surface area contributed by atoms with Crippen molar-refractivity contribution < 1.29 is 14.6 Å². The van der Waals surface area contributed by atoms with Crippen LogP contribution in [0.25, 0.3) is 10.6 Å². The van der Waals surface area contributed by atoms with Crippen LogP contribution in [-0.2, 0) is 13.0 Å². The predicted molar refractivity (Wildman–Crippen MR) is 144 cm³/mol. The first-order valence-electron chi connectivity index (χ1n) is 11.7. The fourth-order valence-corrected chi connectivity index (χ4v) is 4.93. The monoisotopic (exact) mass is 506 g/mol. The zero-order valence-corrected chi connectivity index (χ0v) is 21.2. The van der Waals surface area contributed by atoms with E-state index in [9.17, 15) is 5.11 Å². The number of aryl methyl sites for hydroxylation is 1. The first kappa shape index (κ1) is 25.2. The highest BCUT2D eigenvalue weighted by atomic mass is 32.1. The van der Waals surface area contributed by atoms with Gasteiger partial charge in [-0.3, -0.25) is 0 Å². The first-order valence-corrected chi connectivity index (χ1v) is 12.5. The molecule has 4 aromatic rings. The molecule has 5 N–H and O–H groups in total. The summed E-state index contributed by atoms with van der Waals surface area (Å²) in [6.07, 6.45) is 1.87. The van der Waals surface area contributed by atoms with Crippen molar-refractivity contribution in [1.29, 1.82) is 0 Å². The minimum Gasteiger partial charge on any atom is -0.493 e. The number of nitrogens with zero attached hydrogens (tertiary/aromatic N) is 4. The summed E-state index contributed by atoms with van der Waals surface area (Å²) in [5.41, 5.74) is 14.7. The summed E-state index contributed by atoms with van der Waals surface area (Å²) in [6, 6.07) is 17.1. The molecule has 0 atom stereocenters. The van der Waals surface area contributed by atoms with Crippen molar-refractivity contribution in [1.82, 2.24) is 15.0 Å². The van der Waals surface area contributed by atoms with E-state index in [0.717, 1.165) is 34.8 Å². The highest BCUT2D eigenvalue weighted by molar-refractivity contribution is 7.15. The molecule has 0 bridgehead atoms. The van der Waals surface area contributed by atoms with E-state index < -0.39 is 0 Å². The summed E-state index contributed by atoms with van der Waals surface area (Å²) < 4.78 is 11.1. The number of para-hydroxylation sites is 1. The highest BCUT2D eigenvalue weighted by Crippen LogP contribution is 2.37. The van der Waals surface area contributed by atoms with Gasteiger partial charge in [0.05, 0.1) is 26.0 Å². The lowest BCUT2D eigenvalue weighted by Crippen LogP contribution is -2.21. The molecule has 9 nitrogen and oxygen atoms in total. The number of nitrogens with two attached hydrogens (primary N) is 2. The molecule has 0 radical (unpaired) electrons. The molecule has 0 unspecified atom stereocenters. The van der Waals surface area contributed by atoms with Gasteiger partial charge in [0.15, 0.2) is 11.5 Å². The van der Waals surface area contributed by atoms with Crippen molar-refractivity contribution in [2.45, 2.75) is 26.3 Å². The summed E-state index contributed by atoms with van der Waals surface area (Å²) in [4.78, 5) is 17.1. The zero-order valence-electron chi connectivity index (χ0n) is 20.3. The Labute approximate surface area is 214 Å². The van der Waals surface area contributed by atoms with E-state index in [1.807, 2.05) is 53.4 Å². The lowest BCUT2D eigenvalue weighted by Gasteiger charge is -2.23. The van der Waals surface area contributed by atoms with Gasteiger partial charge in [-0.1, -0.05) is 31.5 Å². The molecule has 0 fully saturated rings. The van der Waals surface area contributed by atoms with E-state index in [-0.39, 0.29) is 13.2 Å². The maximum Gasteiger partial charge on any atom is 0.234 e. The van der Waals surface area contributed by atoms with Gasteiger partial charge in [0, 0.05) is 22.2 Å². The fraction of sp³-hybridized carbons (Fsp3) is 0.269. The number of benzene rings is 2. The molecule has 2 aromatic heterocycles. The van der Waals surface area contributed by atoms with Gasteiger partial charge in [-0.15, -0.1) is 11.3 Å². The van der Waals surface area contributed by atoms with Crippen LogP contribution in [0.2, 0.25) is 0 Å². The van der Waals surface area contributed by atoms with Crippen molar-refractivity contribution in [3.63, 3.8) is 0 Å². The van der Waals surface area contributed by atoms with E-state index in [4.69, 9.17) is 25.9 Å². The Hall–Kier alpha value is -3.89. The zero-order chi connectivity index (χ0) is 25.5. The standard InChI is InChI=1S/C26H30N6O3S/c1-3-7-22-19(29-25(36-22)17-10-11-20(34-2)21(14-17)35-13-12-33)16-32(18-8-5-4-6-9-18)26-30-23(27)15-24(28)31-26/h4-6,8-11,14-15,33H,3,7,12-13,16H2,1-2H3,(H4,27,28,30,31). The van der Waals surface area contributed by atoms with Crippen LogP contribution >= 0.6 is 11.3 Å². The fourth-order valence-electron chi connectivity index (χ4n) is 3.76. The second-order valence-corrected chi connectivity index (χ2v) is 9.10. The van der Waals surface area contributed by atoms with Crippen molar-refractivity contribution in [2.75, 3.05) is 36.7 Å². The van der Waals surface area contributed by atoms with Crippen molar-refractivity contribution in [3.05, 3.63) is 65.2 Å². The molecule has 0 aliphatic carbocycles. The number of anilines is 4. The smallest absolute Gasteiger partial charge is 0.234 e. The number of hydrogen-bond acceptors (Lipinski definition) is 10. The van der Waals surface area contributed by atoms with Gasteiger partial charge >= 0.3 is 0 Å². The van der Waals surface area contributed by atoms with E-state index in [1.165, 1.54) is 10.9 Å². The highest BCUT2D eigenvalue weighted by Gasteiger charge is 2.20. The molecule has 0 spiro atoms. The van der Waals surface area contributed by atoms with Crippen LogP contribution in [0.4, 0.5) is 23.3 Å². The van der Waals surface area contributed by atoms with Crippen LogP contribution < -0.4 is 25.8 Å². The molecule has 2 aromatic carbocycles. The second kappa shape index (κ2) is 11.7. The minimum absolute atomic E-state index is 0.0820. The van der Waals surface area contributed by atoms with Gasteiger partial charge in [-0.05, 0) is 36.8 Å². The molecule has 4 rings (SSSR count). The van der Waals surface area contributed by atoms with Gasteiger partial charge in [-0.2, -0.15) is 9.97 Å². The number of aliphatic hydroxyl groups is 1. The molecule has 188 valence electrons. The number of aliphatic hydroxyl groups excluding tert-OH is 1. The van der Waals surface area contributed by atoms with Gasteiger partial charge in [0.25, 0.3) is 0 Å². The van der Waals surface area contributed by atoms with Crippen molar-refractivity contribution in [3.8, 4) is 22.1 Å². The normalized spacial score (nSPS) is 10.9. The molecule has 36 heavy (non-hydrogen) atoms. The Morgan fingerprint density at radius 3 is 2.39 bits per heavy atom. The lowest BCUT2D eigenvalue weighted by molar-refractivity contribution is 0.196. The molecule has 0 aliphatic rings. The maximum absolute atomic E-state index is 9.18. The molecule has 0 saturated carbocycles. The summed E-state index contributed by atoms with van der Waals surface area (Å²) >= 11 is 1.65. The third-order valence-corrected chi connectivity index (χ3v) is 6.59. The second-order valence-electron chi connectivity index (χ2n) is 8.02. The SMILES string of the molecule is CCCc1sc(-c2ccc(OC)c(OCCO)c2)nc1CN(c1ccccc1)c1nc(N)cc(N)n1. The number of aromatic nitrogens is 3. The molecule has 2 heterocycles. The van der Waals surface area contributed by atoms with Crippen LogP contribution in [0.1, 0.15) is 23.9 Å². The molecule has 0 saturated heterocycles. The molecular formula is C26H30N6O3S. The molecular weight excluding hydrogens is 476 g/mol. The van der Waals surface area contributed by atoms with Crippen LogP contribution in [0.3, 0.4) is 0 Å². The Bertz CT molecular complexity index is 1280. The third kappa shape index (κ3) is 5.84. The number of rotatable bonds is 11. The number of hydrogen-bond donors (Lipinski definition) is 3. The summed E-state index contributed by atoms with van der Waals surface area (Å²) in [6.45, 7) is 2.69. The Morgan fingerprint density at radius 1 is 0.972 bits per heavy atom. The topological polar surface area (TPSA) is 133 Å².